The first-order valence-corrected chi connectivity index (χ1v) is 6.42. The van der Waals surface area contributed by atoms with Crippen LogP contribution in [-0.4, -0.2) is 36.5 Å². The number of piperazine rings is 1. The van der Waals surface area contributed by atoms with E-state index in [2.05, 4.69) is 5.32 Å². The Morgan fingerprint density at radius 1 is 1.50 bits per heavy atom. The van der Waals surface area contributed by atoms with Crippen molar-refractivity contribution >= 4 is 5.91 Å². The molecule has 1 amide bonds. The van der Waals surface area contributed by atoms with E-state index in [-0.39, 0.29) is 17.8 Å². The van der Waals surface area contributed by atoms with E-state index in [9.17, 15) is 9.18 Å². The molecule has 0 aliphatic carbocycles. The maximum Gasteiger partial charge on any atom is 0.223 e. The normalized spacial score (nSPS) is 19.9. The fourth-order valence-electron chi connectivity index (χ4n) is 2.30. The molecule has 98 valence electrons. The molecule has 1 aromatic rings. The van der Waals surface area contributed by atoms with Gasteiger partial charge >= 0.3 is 0 Å². The van der Waals surface area contributed by atoms with Gasteiger partial charge in [0.25, 0.3) is 0 Å². The van der Waals surface area contributed by atoms with Crippen LogP contribution in [0.3, 0.4) is 0 Å². The minimum Gasteiger partial charge on any atom is -0.337 e. The second-order valence-corrected chi connectivity index (χ2v) is 4.73. The number of amides is 1. The second kappa shape index (κ2) is 5.96. The summed E-state index contributed by atoms with van der Waals surface area (Å²) in [5.74, 6) is -0.106. The van der Waals surface area contributed by atoms with E-state index in [4.69, 9.17) is 0 Å². The van der Waals surface area contributed by atoms with Crippen molar-refractivity contribution in [3.63, 3.8) is 0 Å². The minimum atomic E-state index is -0.223. The van der Waals surface area contributed by atoms with Gasteiger partial charge in [0.1, 0.15) is 5.82 Å². The first-order valence-electron chi connectivity index (χ1n) is 6.42. The minimum absolute atomic E-state index is 0.118. The van der Waals surface area contributed by atoms with Crippen LogP contribution in [0.2, 0.25) is 0 Å². The van der Waals surface area contributed by atoms with Gasteiger partial charge in [-0.1, -0.05) is 18.2 Å². The molecule has 1 heterocycles. The van der Waals surface area contributed by atoms with Crippen molar-refractivity contribution in [2.45, 2.75) is 25.8 Å². The smallest absolute Gasteiger partial charge is 0.223 e. The molecule has 1 N–H and O–H groups in total. The lowest BCUT2D eigenvalue weighted by Gasteiger charge is -2.34. The van der Waals surface area contributed by atoms with Gasteiger partial charge in [0.2, 0.25) is 5.91 Å². The van der Waals surface area contributed by atoms with E-state index >= 15 is 0 Å². The lowest BCUT2D eigenvalue weighted by atomic mass is 10.1. The van der Waals surface area contributed by atoms with Crippen LogP contribution in [-0.2, 0) is 11.2 Å². The zero-order valence-corrected chi connectivity index (χ0v) is 10.7. The van der Waals surface area contributed by atoms with Crippen LogP contribution >= 0.6 is 0 Å². The van der Waals surface area contributed by atoms with Crippen LogP contribution < -0.4 is 5.32 Å². The van der Waals surface area contributed by atoms with Gasteiger partial charge in [-0.15, -0.1) is 0 Å². The molecule has 1 saturated heterocycles. The third-order valence-electron chi connectivity index (χ3n) is 3.39. The highest BCUT2D eigenvalue weighted by Gasteiger charge is 2.22. The maximum atomic E-state index is 13.4. The number of aryl methyl sites for hydroxylation is 1. The molecule has 1 aromatic carbocycles. The van der Waals surface area contributed by atoms with Crippen LogP contribution in [0.5, 0.6) is 0 Å². The van der Waals surface area contributed by atoms with Crippen molar-refractivity contribution in [2.75, 3.05) is 19.6 Å². The highest BCUT2D eigenvalue weighted by Crippen LogP contribution is 2.11. The summed E-state index contributed by atoms with van der Waals surface area (Å²) >= 11 is 0. The maximum absolute atomic E-state index is 13.4. The number of nitrogens with one attached hydrogen (secondary N) is 1. The van der Waals surface area contributed by atoms with Gasteiger partial charge in [-0.25, -0.2) is 4.39 Å². The third kappa shape index (κ3) is 3.07. The number of carbonyl (C=O) groups excluding carboxylic acids is 1. The molecular formula is C14H19FN2O. The van der Waals surface area contributed by atoms with Gasteiger partial charge < -0.3 is 10.2 Å². The molecule has 0 bridgehead atoms. The SMILES string of the molecule is C[C@H]1CNCCN1C(=O)CCc1ccccc1F. The van der Waals surface area contributed by atoms with Crippen LogP contribution in [0.15, 0.2) is 24.3 Å². The van der Waals surface area contributed by atoms with E-state index < -0.39 is 0 Å². The summed E-state index contributed by atoms with van der Waals surface area (Å²) in [5.41, 5.74) is 0.619. The molecule has 1 aliphatic heterocycles. The Morgan fingerprint density at radius 2 is 2.28 bits per heavy atom. The Bertz CT molecular complexity index is 422. The van der Waals surface area contributed by atoms with E-state index in [0.29, 0.717) is 18.4 Å². The van der Waals surface area contributed by atoms with Gasteiger partial charge in [-0.05, 0) is 25.0 Å². The number of carbonyl (C=O) groups is 1. The van der Waals surface area contributed by atoms with Crippen molar-refractivity contribution in [3.05, 3.63) is 35.6 Å². The average Bonchev–Trinajstić information content (AvgIpc) is 2.38. The zero-order valence-electron chi connectivity index (χ0n) is 10.7. The number of hydrogen-bond acceptors (Lipinski definition) is 2. The van der Waals surface area contributed by atoms with Gasteiger partial charge in [0.05, 0.1) is 0 Å². The molecule has 1 fully saturated rings. The number of rotatable bonds is 3. The second-order valence-electron chi connectivity index (χ2n) is 4.73. The number of benzene rings is 1. The van der Waals surface area contributed by atoms with Crippen molar-refractivity contribution in [2.24, 2.45) is 0 Å². The van der Waals surface area contributed by atoms with E-state index in [1.807, 2.05) is 11.8 Å². The highest BCUT2D eigenvalue weighted by atomic mass is 19.1. The Morgan fingerprint density at radius 3 is 3.00 bits per heavy atom. The van der Waals surface area contributed by atoms with Crippen LogP contribution in [0.1, 0.15) is 18.9 Å². The Balaban J connectivity index is 1.90. The van der Waals surface area contributed by atoms with Crippen molar-refractivity contribution < 1.29 is 9.18 Å². The molecule has 0 saturated carbocycles. The Hall–Kier alpha value is -1.42. The summed E-state index contributed by atoms with van der Waals surface area (Å²) in [6, 6.07) is 6.87. The molecule has 1 aliphatic rings. The van der Waals surface area contributed by atoms with Crippen molar-refractivity contribution in [3.8, 4) is 0 Å². The van der Waals surface area contributed by atoms with Crippen molar-refractivity contribution in [1.82, 2.24) is 10.2 Å². The first kappa shape index (κ1) is 13.0. The van der Waals surface area contributed by atoms with Crippen LogP contribution in [0, 0.1) is 5.82 Å². The van der Waals surface area contributed by atoms with E-state index in [1.54, 1.807) is 18.2 Å². The number of halogens is 1. The quantitative estimate of drug-likeness (QED) is 0.883. The standard InChI is InChI=1S/C14H19FN2O/c1-11-10-16-8-9-17(11)14(18)7-6-12-4-2-3-5-13(12)15/h2-5,11,16H,6-10H2,1H3/t11-/m0/s1. The predicted molar refractivity (Wildman–Crippen MR) is 68.8 cm³/mol. The molecule has 18 heavy (non-hydrogen) atoms. The molecular weight excluding hydrogens is 231 g/mol. The van der Waals surface area contributed by atoms with Crippen LogP contribution in [0.25, 0.3) is 0 Å². The largest absolute Gasteiger partial charge is 0.337 e. The highest BCUT2D eigenvalue weighted by molar-refractivity contribution is 5.77. The third-order valence-corrected chi connectivity index (χ3v) is 3.39. The first-order chi connectivity index (χ1) is 8.68. The molecule has 0 unspecified atom stereocenters. The molecule has 2 rings (SSSR count). The molecule has 4 heteroatoms. The monoisotopic (exact) mass is 250 g/mol. The van der Waals surface area contributed by atoms with Gasteiger partial charge in [0, 0.05) is 32.1 Å². The topological polar surface area (TPSA) is 32.3 Å². The summed E-state index contributed by atoms with van der Waals surface area (Å²) in [7, 11) is 0. The van der Waals surface area contributed by atoms with E-state index in [1.165, 1.54) is 6.07 Å². The molecule has 3 nitrogen and oxygen atoms in total. The molecule has 0 radical (unpaired) electrons. The van der Waals surface area contributed by atoms with E-state index in [0.717, 1.165) is 19.6 Å². The fraction of sp³-hybridized carbons (Fsp3) is 0.500. The predicted octanol–water partition coefficient (Wildman–Crippen LogP) is 1.58. The van der Waals surface area contributed by atoms with Gasteiger partial charge in [0.15, 0.2) is 0 Å². The zero-order chi connectivity index (χ0) is 13.0. The summed E-state index contributed by atoms with van der Waals surface area (Å²) < 4.78 is 13.4. The van der Waals surface area contributed by atoms with Gasteiger partial charge in [-0.2, -0.15) is 0 Å². The molecule has 0 spiro atoms. The van der Waals surface area contributed by atoms with Gasteiger partial charge in [-0.3, -0.25) is 4.79 Å². The average molecular weight is 250 g/mol. The molecule has 0 aromatic heterocycles. The molecule has 1 atom stereocenters. The summed E-state index contributed by atoms with van der Waals surface area (Å²) in [5, 5.41) is 3.25. The van der Waals surface area contributed by atoms with Crippen LogP contribution in [0.4, 0.5) is 4.39 Å². The summed E-state index contributed by atoms with van der Waals surface area (Å²) in [6.45, 7) is 4.46. The lowest BCUT2D eigenvalue weighted by molar-refractivity contribution is -0.133. The number of hydrogen-bond donors (Lipinski definition) is 1. The fourth-order valence-corrected chi connectivity index (χ4v) is 2.30. The van der Waals surface area contributed by atoms with Crippen molar-refractivity contribution in [1.29, 1.82) is 0 Å². The summed E-state index contributed by atoms with van der Waals surface area (Å²) in [4.78, 5) is 14.0. The summed E-state index contributed by atoms with van der Waals surface area (Å²) in [6.07, 6.45) is 0.855. The number of nitrogens with zero attached hydrogens (tertiary/aromatic N) is 1. The lowest BCUT2D eigenvalue weighted by Crippen LogP contribution is -2.52. The Labute approximate surface area is 107 Å². The Kier molecular flexibility index (Phi) is 4.31.